The van der Waals surface area contributed by atoms with Crippen molar-refractivity contribution in [2.24, 2.45) is 0 Å². The molecule has 4 nitrogen and oxygen atoms in total. The lowest BCUT2D eigenvalue weighted by atomic mass is 10.3. The van der Waals surface area contributed by atoms with Crippen LogP contribution in [0.2, 0.25) is 0 Å². The maximum atomic E-state index is 11.2. The van der Waals surface area contributed by atoms with Crippen molar-refractivity contribution in [1.82, 2.24) is 10.3 Å². The fourth-order valence-electron chi connectivity index (χ4n) is 2.08. The topological polar surface area (TPSA) is 59.1 Å². The molecule has 0 aliphatic rings. The van der Waals surface area contributed by atoms with E-state index in [2.05, 4.69) is 10.3 Å². The van der Waals surface area contributed by atoms with Gasteiger partial charge in [-0.15, -0.1) is 11.3 Å². The van der Waals surface area contributed by atoms with Crippen molar-refractivity contribution in [3.8, 4) is 0 Å². The molecule has 104 valence electrons. The van der Waals surface area contributed by atoms with E-state index in [1.807, 2.05) is 38.1 Å². The molecule has 0 aliphatic carbocycles. The fraction of sp³-hybridized carbons (Fsp3) is 0.462. The Kier molecular flexibility index (Phi) is 4.23. The number of nitrogens with one attached hydrogen (secondary N) is 1. The Bertz CT molecular complexity index is 631. The number of hydrogen-bond acceptors (Lipinski definition) is 5. The van der Waals surface area contributed by atoms with E-state index < -0.39 is 9.84 Å². The van der Waals surface area contributed by atoms with Crippen LogP contribution in [0.15, 0.2) is 24.3 Å². The Morgan fingerprint density at radius 3 is 2.63 bits per heavy atom. The Morgan fingerprint density at radius 2 is 2.00 bits per heavy atom. The molecule has 19 heavy (non-hydrogen) atoms. The summed E-state index contributed by atoms with van der Waals surface area (Å²) in [6.45, 7) is 3.89. The van der Waals surface area contributed by atoms with Crippen LogP contribution >= 0.6 is 11.3 Å². The van der Waals surface area contributed by atoms with E-state index in [1.54, 1.807) is 11.3 Å². The maximum Gasteiger partial charge on any atom is 0.148 e. The zero-order valence-electron chi connectivity index (χ0n) is 11.3. The van der Waals surface area contributed by atoms with Gasteiger partial charge in [0.25, 0.3) is 0 Å². The van der Waals surface area contributed by atoms with Gasteiger partial charge in [-0.05, 0) is 26.0 Å². The summed E-state index contributed by atoms with van der Waals surface area (Å²) in [4.78, 5) is 4.57. The van der Waals surface area contributed by atoms with Crippen LogP contribution in [0.4, 0.5) is 0 Å². The van der Waals surface area contributed by atoms with Crippen molar-refractivity contribution in [2.45, 2.75) is 25.9 Å². The second-order valence-corrected chi connectivity index (χ2v) is 8.15. The first kappa shape index (κ1) is 14.4. The van der Waals surface area contributed by atoms with Crippen molar-refractivity contribution < 1.29 is 8.42 Å². The van der Waals surface area contributed by atoms with Gasteiger partial charge in [0, 0.05) is 12.3 Å². The van der Waals surface area contributed by atoms with Crippen LogP contribution in [0.3, 0.4) is 0 Å². The van der Waals surface area contributed by atoms with E-state index in [0.717, 1.165) is 15.2 Å². The van der Waals surface area contributed by atoms with Crippen molar-refractivity contribution >= 4 is 31.4 Å². The number of rotatable bonds is 5. The lowest BCUT2D eigenvalue weighted by Gasteiger charge is -2.17. The van der Waals surface area contributed by atoms with Gasteiger partial charge in [-0.25, -0.2) is 13.4 Å². The molecule has 0 aliphatic heterocycles. The highest BCUT2D eigenvalue weighted by atomic mass is 32.2. The van der Waals surface area contributed by atoms with Crippen LogP contribution in [0, 0.1) is 0 Å². The van der Waals surface area contributed by atoms with Gasteiger partial charge < -0.3 is 5.32 Å². The van der Waals surface area contributed by atoms with Gasteiger partial charge in [-0.3, -0.25) is 0 Å². The molecule has 2 atom stereocenters. The lowest BCUT2D eigenvalue weighted by molar-refractivity contribution is 0.500. The molecule has 2 aromatic rings. The van der Waals surface area contributed by atoms with E-state index in [1.165, 1.54) is 6.26 Å². The summed E-state index contributed by atoms with van der Waals surface area (Å²) in [6.07, 6.45) is 1.26. The van der Waals surface area contributed by atoms with E-state index >= 15 is 0 Å². The van der Waals surface area contributed by atoms with Crippen molar-refractivity contribution in [3.63, 3.8) is 0 Å². The third-order valence-corrected chi connectivity index (χ3v) is 5.09. The molecule has 0 saturated heterocycles. The van der Waals surface area contributed by atoms with Crippen LogP contribution in [-0.2, 0) is 9.84 Å². The van der Waals surface area contributed by atoms with Gasteiger partial charge in [0.2, 0.25) is 0 Å². The Balaban J connectivity index is 2.09. The summed E-state index contributed by atoms with van der Waals surface area (Å²) in [5, 5.41) is 4.27. The first-order valence-corrected chi connectivity index (χ1v) is 9.02. The van der Waals surface area contributed by atoms with Gasteiger partial charge in [-0.1, -0.05) is 12.1 Å². The minimum Gasteiger partial charge on any atom is -0.305 e. The highest BCUT2D eigenvalue weighted by molar-refractivity contribution is 7.90. The average Bonchev–Trinajstić information content (AvgIpc) is 2.69. The Labute approximate surface area is 117 Å². The van der Waals surface area contributed by atoms with Gasteiger partial charge in [0.1, 0.15) is 14.8 Å². The number of nitrogens with zero attached hydrogens (tertiary/aromatic N) is 1. The predicted octanol–water partition coefficient (Wildman–Crippen LogP) is 2.38. The SMILES string of the molecule is CC(CS(C)(=O)=O)NC(C)c1nc2ccccc2s1. The minimum atomic E-state index is -2.96. The number of sulfone groups is 1. The van der Waals surface area contributed by atoms with Gasteiger partial charge >= 0.3 is 0 Å². The number of para-hydroxylation sites is 1. The summed E-state index contributed by atoms with van der Waals surface area (Å²) < 4.78 is 23.6. The molecule has 0 bridgehead atoms. The van der Waals surface area contributed by atoms with E-state index in [4.69, 9.17) is 0 Å². The van der Waals surface area contributed by atoms with Crippen LogP contribution in [-0.4, -0.2) is 31.5 Å². The van der Waals surface area contributed by atoms with Crippen molar-refractivity contribution in [1.29, 1.82) is 0 Å². The van der Waals surface area contributed by atoms with Crippen LogP contribution < -0.4 is 5.32 Å². The second-order valence-electron chi connectivity index (χ2n) is 4.90. The lowest BCUT2D eigenvalue weighted by Crippen LogP contribution is -2.34. The number of hydrogen-bond donors (Lipinski definition) is 1. The van der Waals surface area contributed by atoms with Gasteiger partial charge in [0.15, 0.2) is 0 Å². The molecule has 0 saturated carbocycles. The molecule has 6 heteroatoms. The number of aromatic nitrogens is 1. The number of benzene rings is 1. The first-order valence-electron chi connectivity index (χ1n) is 6.14. The molecule has 2 rings (SSSR count). The predicted molar refractivity (Wildman–Crippen MR) is 80.3 cm³/mol. The summed E-state index contributed by atoms with van der Waals surface area (Å²) in [5.74, 6) is 0.141. The molecule has 0 radical (unpaired) electrons. The zero-order chi connectivity index (χ0) is 14.0. The van der Waals surface area contributed by atoms with Crippen molar-refractivity contribution in [2.75, 3.05) is 12.0 Å². The molecule has 0 spiro atoms. The first-order chi connectivity index (χ1) is 8.85. The molecule has 2 unspecified atom stereocenters. The van der Waals surface area contributed by atoms with Crippen LogP contribution in [0.5, 0.6) is 0 Å². The summed E-state index contributed by atoms with van der Waals surface area (Å²) >= 11 is 1.64. The van der Waals surface area contributed by atoms with E-state index in [9.17, 15) is 8.42 Å². The monoisotopic (exact) mass is 298 g/mol. The highest BCUT2D eigenvalue weighted by Crippen LogP contribution is 2.26. The molecule has 1 aromatic heterocycles. The summed E-state index contributed by atoms with van der Waals surface area (Å²) in [6, 6.07) is 7.96. The molecular formula is C13H18N2O2S2. The summed E-state index contributed by atoms with van der Waals surface area (Å²) in [7, 11) is -2.96. The van der Waals surface area contributed by atoms with Crippen molar-refractivity contribution in [3.05, 3.63) is 29.3 Å². The minimum absolute atomic E-state index is 0.0501. The molecule has 0 fully saturated rings. The average molecular weight is 298 g/mol. The molecule has 1 aromatic carbocycles. The third kappa shape index (κ3) is 3.99. The zero-order valence-corrected chi connectivity index (χ0v) is 12.9. The maximum absolute atomic E-state index is 11.2. The smallest absolute Gasteiger partial charge is 0.148 e. The quantitative estimate of drug-likeness (QED) is 0.920. The van der Waals surface area contributed by atoms with Crippen LogP contribution in [0.1, 0.15) is 24.9 Å². The molecule has 0 amide bonds. The van der Waals surface area contributed by atoms with Crippen LogP contribution in [0.25, 0.3) is 10.2 Å². The number of fused-ring (bicyclic) bond motifs is 1. The van der Waals surface area contributed by atoms with Gasteiger partial charge in [-0.2, -0.15) is 0 Å². The second kappa shape index (κ2) is 5.56. The third-order valence-electron chi connectivity index (χ3n) is 2.77. The van der Waals surface area contributed by atoms with E-state index in [-0.39, 0.29) is 17.8 Å². The number of thiazole rings is 1. The highest BCUT2D eigenvalue weighted by Gasteiger charge is 2.16. The van der Waals surface area contributed by atoms with Gasteiger partial charge in [0.05, 0.1) is 22.0 Å². The largest absolute Gasteiger partial charge is 0.305 e. The Hall–Kier alpha value is -0.980. The normalized spacial score (nSPS) is 15.5. The Morgan fingerprint density at radius 1 is 1.32 bits per heavy atom. The fourth-order valence-corrected chi connectivity index (χ4v) is 4.06. The molecular weight excluding hydrogens is 280 g/mol. The standard InChI is InChI=1S/C13H18N2O2S2/c1-9(8-19(3,16)17)14-10(2)13-15-11-6-4-5-7-12(11)18-13/h4-7,9-10,14H,8H2,1-3H3. The summed E-state index contributed by atoms with van der Waals surface area (Å²) in [5.41, 5.74) is 0.993. The molecule has 1 N–H and O–H groups in total. The van der Waals surface area contributed by atoms with E-state index in [0.29, 0.717) is 0 Å². The molecule has 1 heterocycles.